The second kappa shape index (κ2) is 8.85. The summed E-state index contributed by atoms with van der Waals surface area (Å²) in [5.74, 6) is 0.560. The standard InChI is InChI=1S/C37H22N2O3/c1-3-11-23(12-4-1)37-38-34-33(42-37)22-29-27-16-8-10-18-31(27)41-36(29)35(34)39(24-13-5-2-6-14-24)25-19-20-28-26-15-7-9-17-30(26)40-32(28)21-25/h1-22H. The Morgan fingerprint density at radius 1 is 0.452 bits per heavy atom. The number of hydrogen-bond donors (Lipinski definition) is 0. The first-order valence-corrected chi connectivity index (χ1v) is 13.9. The lowest BCUT2D eigenvalue weighted by Crippen LogP contribution is -2.10. The summed E-state index contributed by atoms with van der Waals surface area (Å²) in [6, 6.07) is 44.9. The molecule has 0 aliphatic heterocycles. The summed E-state index contributed by atoms with van der Waals surface area (Å²) in [4.78, 5) is 7.27. The molecule has 9 rings (SSSR count). The van der Waals surface area contributed by atoms with Crippen LogP contribution in [0.4, 0.5) is 17.1 Å². The summed E-state index contributed by atoms with van der Waals surface area (Å²) in [6.45, 7) is 0. The number of fused-ring (bicyclic) bond motifs is 7. The lowest BCUT2D eigenvalue weighted by molar-refractivity contribution is 0.620. The van der Waals surface area contributed by atoms with Gasteiger partial charge >= 0.3 is 0 Å². The van der Waals surface area contributed by atoms with Gasteiger partial charge in [-0.1, -0.05) is 72.8 Å². The summed E-state index contributed by atoms with van der Waals surface area (Å²) >= 11 is 0. The lowest BCUT2D eigenvalue weighted by Gasteiger charge is -2.25. The van der Waals surface area contributed by atoms with E-state index in [0.717, 1.165) is 66.5 Å². The Hall–Kier alpha value is -5.81. The number of benzene rings is 6. The van der Waals surface area contributed by atoms with Gasteiger partial charge < -0.3 is 18.2 Å². The lowest BCUT2D eigenvalue weighted by atomic mass is 10.1. The van der Waals surface area contributed by atoms with Crippen LogP contribution in [0.15, 0.2) is 147 Å². The monoisotopic (exact) mass is 542 g/mol. The third-order valence-electron chi connectivity index (χ3n) is 7.88. The van der Waals surface area contributed by atoms with Gasteiger partial charge in [-0.2, -0.15) is 0 Å². The minimum absolute atomic E-state index is 0.560. The van der Waals surface area contributed by atoms with E-state index in [2.05, 4.69) is 47.4 Å². The quantitative estimate of drug-likeness (QED) is 0.221. The van der Waals surface area contributed by atoms with Crippen molar-refractivity contribution in [2.45, 2.75) is 0 Å². The van der Waals surface area contributed by atoms with Gasteiger partial charge in [0.2, 0.25) is 5.89 Å². The molecule has 42 heavy (non-hydrogen) atoms. The molecule has 0 aliphatic rings. The summed E-state index contributed by atoms with van der Waals surface area (Å²) < 4.78 is 19.4. The third kappa shape index (κ3) is 3.40. The van der Waals surface area contributed by atoms with Gasteiger partial charge in [-0.3, -0.25) is 0 Å². The molecule has 0 saturated heterocycles. The van der Waals surface area contributed by atoms with Gasteiger partial charge in [0.1, 0.15) is 28.0 Å². The van der Waals surface area contributed by atoms with Crippen molar-refractivity contribution in [2.24, 2.45) is 0 Å². The molecule has 0 unspecified atom stereocenters. The van der Waals surface area contributed by atoms with Crippen molar-refractivity contribution in [1.82, 2.24) is 4.98 Å². The van der Waals surface area contributed by atoms with Crippen LogP contribution in [0.2, 0.25) is 0 Å². The fourth-order valence-electron chi connectivity index (χ4n) is 5.97. The largest absolute Gasteiger partial charge is 0.456 e. The number of oxazole rings is 1. The minimum Gasteiger partial charge on any atom is -0.456 e. The molecule has 0 atom stereocenters. The van der Waals surface area contributed by atoms with Crippen LogP contribution in [-0.4, -0.2) is 4.98 Å². The van der Waals surface area contributed by atoms with Crippen LogP contribution in [0.3, 0.4) is 0 Å². The van der Waals surface area contributed by atoms with Crippen molar-refractivity contribution < 1.29 is 13.3 Å². The predicted molar refractivity (Wildman–Crippen MR) is 169 cm³/mol. The Kier molecular flexibility index (Phi) is 4.83. The summed E-state index contributed by atoms with van der Waals surface area (Å²) in [7, 11) is 0. The van der Waals surface area contributed by atoms with Crippen molar-refractivity contribution in [3.8, 4) is 11.5 Å². The van der Waals surface area contributed by atoms with Gasteiger partial charge in [0, 0.05) is 38.9 Å². The summed E-state index contributed by atoms with van der Waals surface area (Å²) in [5, 5.41) is 4.15. The van der Waals surface area contributed by atoms with E-state index in [1.807, 2.05) is 91.0 Å². The van der Waals surface area contributed by atoms with Crippen LogP contribution in [0.5, 0.6) is 0 Å². The van der Waals surface area contributed by atoms with Crippen LogP contribution in [0, 0.1) is 0 Å². The van der Waals surface area contributed by atoms with Gasteiger partial charge in [-0.25, -0.2) is 4.98 Å². The van der Waals surface area contributed by atoms with Crippen LogP contribution in [-0.2, 0) is 0 Å². The molecule has 0 bridgehead atoms. The molecule has 0 saturated carbocycles. The predicted octanol–water partition coefficient (Wildman–Crippen LogP) is 10.8. The van der Waals surface area contributed by atoms with Crippen LogP contribution >= 0.6 is 0 Å². The van der Waals surface area contributed by atoms with E-state index in [-0.39, 0.29) is 0 Å². The Labute approximate surface area is 239 Å². The second-order valence-corrected chi connectivity index (χ2v) is 10.4. The molecule has 5 heteroatoms. The first-order valence-electron chi connectivity index (χ1n) is 13.9. The van der Waals surface area contributed by atoms with Gasteiger partial charge in [-0.05, 0) is 54.6 Å². The van der Waals surface area contributed by atoms with E-state index in [0.29, 0.717) is 17.0 Å². The molecule has 0 fully saturated rings. The zero-order valence-corrected chi connectivity index (χ0v) is 22.3. The first kappa shape index (κ1) is 22.9. The smallest absolute Gasteiger partial charge is 0.227 e. The number of aromatic nitrogens is 1. The molecule has 0 spiro atoms. The van der Waals surface area contributed by atoms with Crippen molar-refractivity contribution in [3.05, 3.63) is 133 Å². The highest BCUT2D eigenvalue weighted by Gasteiger charge is 2.26. The van der Waals surface area contributed by atoms with Gasteiger partial charge in [0.25, 0.3) is 0 Å². The van der Waals surface area contributed by atoms with Crippen LogP contribution < -0.4 is 4.90 Å². The van der Waals surface area contributed by atoms with Gasteiger partial charge in [0.05, 0.1) is 5.69 Å². The van der Waals surface area contributed by atoms with E-state index in [4.69, 9.17) is 18.2 Å². The molecule has 0 amide bonds. The normalized spacial score (nSPS) is 11.8. The van der Waals surface area contributed by atoms with Crippen molar-refractivity contribution in [2.75, 3.05) is 4.90 Å². The highest BCUT2D eigenvalue weighted by Crippen LogP contribution is 2.47. The van der Waals surface area contributed by atoms with E-state index in [1.54, 1.807) is 0 Å². The number of nitrogens with zero attached hydrogens (tertiary/aromatic N) is 2. The Balaban J connectivity index is 1.39. The molecule has 6 aromatic carbocycles. The summed E-state index contributed by atoms with van der Waals surface area (Å²) in [5.41, 5.74) is 8.24. The van der Waals surface area contributed by atoms with Crippen molar-refractivity contribution in [1.29, 1.82) is 0 Å². The highest BCUT2D eigenvalue weighted by atomic mass is 16.4. The average molecular weight is 543 g/mol. The maximum atomic E-state index is 6.62. The maximum Gasteiger partial charge on any atom is 0.227 e. The fourth-order valence-corrected chi connectivity index (χ4v) is 5.97. The molecule has 3 aromatic heterocycles. The average Bonchev–Trinajstić information content (AvgIpc) is 3.75. The van der Waals surface area contributed by atoms with E-state index in [9.17, 15) is 0 Å². The second-order valence-electron chi connectivity index (χ2n) is 10.4. The Morgan fingerprint density at radius 3 is 1.88 bits per heavy atom. The van der Waals surface area contributed by atoms with Gasteiger partial charge in [0.15, 0.2) is 11.2 Å². The number of para-hydroxylation sites is 3. The number of hydrogen-bond acceptors (Lipinski definition) is 5. The highest BCUT2D eigenvalue weighted by molar-refractivity contribution is 6.18. The maximum absolute atomic E-state index is 6.62. The topological polar surface area (TPSA) is 55.6 Å². The summed E-state index contributed by atoms with van der Waals surface area (Å²) in [6.07, 6.45) is 0. The first-order chi connectivity index (χ1) is 20.8. The van der Waals surface area contributed by atoms with Crippen molar-refractivity contribution >= 4 is 72.0 Å². The van der Waals surface area contributed by atoms with E-state index in [1.165, 1.54) is 0 Å². The number of furan rings is 2. The van der Waals surface area contributed by atoms with Crippen LogP contribution in [0.25, 0.3) is 66.4 Å². The Morgan fingerprint density at radius 2 is 1.10 bits per heavy atom. The third-order valence-corrected chi connectivity index (χ3v) is 7.88. The molecule has 0 radical (unpaired) electrons. The zero-order valence-electron chi connectivity index (χ0n) is 22.3. The minimum atomic E-state index is 0.560. The zero-order chi connectivity index (χ0) is 27.6. The fraction of sp³-hybridized carbons (Fsp3) is 0. The molecule has 0 N–H and O–H groups in total. The molecule has 9 aromatic rings. The molecule has 0 aliphatic carbocycles. The van der Waals surface area contributed by atoms with E-state index < -0.39 is 0 Å². The molecular weight excluding hydrogens is 520 g/mol. The van der Waals surface area contributed by atoms with Crippen LogP contribution in [0.1, 0.15) is 0 Å². The van der Waals surface area contributed by atoms with Crippen molar-refractivity contribution in [3.63, 3.8) is 0 Å². The number of anilines is 3. The molecule has 3 heterocycles. The molecule has 198 valence electrons. The molecule has 5 nitrogen and oxygen atoms in total. The van der Waals surface area contributed by atoms with E-state index >= 15 is 0 Å². The Bertz CT molecular complexity index is 2420. The van der Waals surface area contributed by atoms with Gasteiger partial charge in [-0.15, -0.1) is 0 Å². The number of rotatable bonds is 4. The SMILES string of the molecule is c1ccc(-c2nc3c(N(c4ccccc4)c4ccc5c(c4)oc4ccccc45)c4oc5ccccc5c4cc3o2)cc1. The molecular formula is C37H22N2O3.